The van der Waals surface area contributed by atoms with Crippen LogP contribution in [-0.2, 0) is 12.8 Å². The zero-order valence-electron chi connectivity index (χ0n) is 28.6. The lowest BCUT2D eigenvalue weighted by Gasteiger charge is -2.52. The quantitative estimate of drug-likeness (QED) is 0.324. The average Bonchev–Trinajstić information content (AvgIpc) is 3.80. The predicted octanol–water partition coefficient (Wildman–Crippen LogP) is 6.15. The van der Waals surface area contributed by atoms with Crippen LogP contribution < -0.4 is 5.73 Å². The maximum Gasteiger partial charge on any atom is 0.176 e. The fourth-order valence-electron chi connectivity index (χ4n) is 11.7. The highest BCUT2D eigenvalue weighted by atomic mass is 15.5. The van der Waals surface area contributed by atoms with Gasteiger partial charge in [0.25, 0.3) is 0 Å². The van der Waals surface area contributed by atoms with Crippen molar-refractivity contribution in [2.24, 2.45) is 57.5 Å². The van der Waals surface area contributed by atoms with Gasteiger partial charge in [-0.1, -0.05) is 49.0 Å². The Hall–Kier alpha value is -3.43. The van der Waals surface area contributed by atoms with E-state index in [2.05, 4.69) is 59.5 Å². The van der Waals surface area contributed by atoms with Gasteiger partial charge < -0.3 is 5.73 Å². The summed E-state index contributed by atoms with van der Waals surface area (Å²) in [7, 11) is 0. The molecule has 4 N–H and O–H groups in total. The van der Waals surface area contributed by atoms with Crippen LogP contribution in [0.1, 0.15) is 134 Å². The molecule has 12 nitrogen and oxygen atoms in total. The van der Waals surface area contributed by atoms with Gasteiger partial charge in [0, 0.05) is 12.8 Å². The molecular weight excluding hydrogens is 600 g/mol. The second-order valence-electron chi connectivity index (χ2n) is 15.9. The van der Waals surface area contributed by atoms with Crippen LogP contribution in [0.5, 0.6) is 0 Å². The number of nitrogens with two attached hydrogens (primary N) is 1. The zero-order chi connectivity index (χ0) is 33.5. The van der Waals surface area contributed by atoms with E-state index in [-0.39, 0.29) is 16.2 Å². The van der Waals surface area contributed by atoms with Gasteiger partial charge in [0.1, 0.15) is 0 Å². The van der Waals surface area contributed by atoms with Gasteiger partial charge in [-0.2, -0.15) is 26.2 Å². The summed E-state index contributed by atoms with van der Waals surface area (Å²) in [5, 5.41) is 56.6. The van der Waals surface area contributed by atoms with E-state index in [0.29, 0.717) is 42.3 Å². The fourth-order valence-corrected chi connectivity index (χ4v) is 11.7. The molecule has 2 aromatic heterocycles. The van der Waals surface area contributed by atoms with E-state index < -0.39 is 0 Å². The largest absolute Gasteiger partial charge is 0.330 e. The summed E-state index contributed by atoms with van der Waals surface area (Å²) < 4.78 is 0. The van der Waals surface area contributed by atoms with E-state index in [0.717, 1.165) is 30.6 Å². The Kier molecular flexibility index (Phi) is 11.1. The summed E-state index contributed by atoms with van der Waals surface area (Å²) in [4.78, 5) is 0. The first-order valence-electron chi connectivity index (χ1n) is 18.9. The van der Waals surface area contributed by atoms with Crippen LogP contribution in [0.15, 0.2) is 0 Å². The van der Waals surface area contributed by atoms with Gasteiger partial charge in [0.05, 0.1) is 35.5 Å². The van der Waals surface area contributed by atoms with Crippen molar-refractivity contribution in [2.45, 2.75) is 135 Å². The molecule has 0 spiro atoms. The first-order valence-corrected chi connectivity index (χ1v) is 18.9. The Morgan fingerprint density at radius 1 is 0.562 bits per heavy atom. The molecule has 48 heavy (non-hydrogen) atoms. The third-order valence-electron chi connectivity index (χ3n) is 14.1. The summed E-state index contributed by atoms with van der Waals surface area (Å²) >= 11 is 0. The topological polar surface area (TPSA) is 206 Å². The van der Waals surface area contributed by atoms with Gasteiger partial charge in [-0.25, -0.2) is 0 Å². The summed E-state index contributed by atoms with van der Waals surface area (Å²) in [5.41, 5.74) is 5.91. The molecule has 258 valence electrons. The van der Waals surface area contributed by atoms with Crippen molar-refractivity contribution < 1.29 is 0 Å². The van der Waals surface area contributed by atoms with E-state index in [9.17, 15) is 10.5 Å². The normalized spacial score (nSPS) is 38.0. The molecule has 0 atom stereocenters. The molecular formula is C36H54N12. The van der Waals surface area contributed by atoms with Crippen LogP contribution in [0.4, 0.5) is 0 Å². The van der Waals surface area contributed by atoms with E-state index in [1.807, 2.05) is 0 Å². The third-order valence-corrected chi connectivity index (χ3v) is 14.1. The zero-order valence-corrected chi connectivity index (χ0v) is 28.6. The Bertz CT molecular complexity index is 1350. The number of aromatic amines is 2. The maximum absolute atomic E-state index is 9.71. The molecule has 6 bridgehead atoms. The molecule has 2 aromatic rings. The lowest BCUT2D eigenvalue weighted by molar-refractivity contribution is -0.0132. The molecule has 0 amide bonds. The van der Waals surface area contributed by atoms with Gasteiger partial charge in [-0.3, -0.25) is 0 Å². The summed E-state index contributed by atoms with van der Waals surface area (Å²) in [6.07, 6.45) is 24.7. The number of nitrogens with one attached hydrogen (secondary N) is 2. The van der Waals surface area contributed by atoms with Crippen molar-refractivity contribution in [3.63, 3.8) is 0 Å². The number of fused-ring (bicyclic) bond motifs is 6. The molecule has 8 rings (SSSR count). The van der Waals surface area contributed by atoms with Gasteiger partial charge in [-0.05, 0) is 125 Å². The number of hydrogen-bond donors (Lipinski definition) is 3. The van der Waals surface area contributed by atoms with Crippen molar-refractivity contribution in [3.05, 3.63) is 11.6 Å². The van der Waals surface area contributed by atoms with Crippen LogP contribution in [0.3, 0.4) is 0 Å². The van der Waals surface area contributed by atoms with Crippen molar-refractivity contribution in [1.29, 1.82) is 15.8 Å². The molecule has 0 radical (unpaired) electrons. The minimum atomic E-state index is -0.273. The molecule has 0 unspecified atom stereocenters. The number of H-pyrrole nitrogens is 2. The van der Waals surface area contributed by atoms with E-state index in [4.69, 9.17) is 11.0 Å². The number of rotatable bonds is 6. The highest BCUT2D eigenvalue weighted by Gasteiger charge is 2.52. The Morgan fingerprint density at radius 3 is 1.27 bits per heavy atom. The van der Waals surface area contributed by atoms with Crippen LogP contribution in [0.25, 0.3) is 0 Å². The Labute approximate surface area is 285 Å². The predicted molar refractivity (Wildman–Crippen MR) is 178 cm³/mol. The number of tetrazole rings is 2. The minimum Gasteiger partial charge on any atom is -0.330 e. The second-order valence-corrected chi connectivity index (χ2v) is 15.9. The molecule has 0 aliphatic heterocycles. The number of aromatic nitrogens is 8. The van der Waals surface area contributed by atoms with Crippen molar-refractivity contribution in [3.8, 4) is 18.2 Å². The minimum absolute atomic E-state index is 0.222. The molecule has 0 saturated heterocycles. The highest BCUT2D eigenvalue weighted by molar-refractivity contribution is 5.15. The van der Waals surface area contributed by atoms with Crippen LogP contribution in [0.2, 0.25) is 0 Å². The molecule has 0 aromatic carbocycles. The van der Waals surface area contributed by atoms with E-state index in [1.165, 1.54) is 116 Å². The SMILES string of the molecule is N#CC1(Cc2nn[nH]n2)C2CCCC1CCC2.N#CCC1(C#N)C2CCCC1CCC2.NCC1(Cc2nn[nH]n2)C2CCCC1CCC2. The van der Waals surface area contributed by atoms with Crippen LogP contribution in [-0.4, -0.2) is 47.8 Å². The van der Waals surface area contributed by atoms with Crippen molar-refractivity contribution >= 4 is 0 Å². The van der Waals surface area contributed by atoms with Gasteiger partial charge >= 0.3 is 0 Å². The lowest BCUT2D eigenvalue weighted by Crippen LogP contribution is -2.50. The lowest BCUT2D eigenvalue weighted by atomic mass is 9.53. The highest BCUT2D eigenvalue weighted by Crippen LogP contribution is 2.56. The van der Waals surface area contributed by atoms with Gasteiger partial charge in [0.2, 0.25) is 0 Å². The Balaban J connectivity index is 0.000000126. The molecule has 6 aliphatic carbocycles. The second kappa shape index (κ2) is 15.4. The molecule has 6 fully saturated rings. The summed E-state index contributed by atoms with van der Waals surface area (Å²) in [5.74, 6) is 5.20. The first-order chi connectivity index (χ1) is 23.5. The monoisotopic (exact) mass is 654 g/mol. The Morgan fingerprint density at radius 2 is 0.938 bits per heavy atom. The van der Waals surface area contributed by atoms with E-state index >= 15 is 0 Å². The number of nitriles is 3. The standard InChI is InChI=1S/C12H21N5.C12H17N5.C12H16N2/c2*13-8-12(7-11-14-16-17-15-11)9-3-1-4-10(12)6-2-5-9;13-8-7-12(9-14)10-3-1-4-11(12)6-2-5-10/h9-10H,1-8,13H2,(H,14,15,16,17);9-10H,1-7H2,(H,14,15,16,17);10-11H,1-7H2. The molecule has 6 aliphatic rings. The number of hydrogen-bond acceptors (Lipinski definition) is 10. The van der Waals surface area contributed by atoms with E-state index in [1.54, 1.807) is 0 Å². The fraction of sp³-hybridized carbons (Fsp3) is 0.861. The average molecular weight is 655 g/mol. The molecule has 12 heteroatoms. The van der Waals surface area contributed by atoms with Crippen molar-refractivity contribution in [2.75, 3.05) is 6.54 Å². The maximum atomic E-state index is 9.71. The van der Waals surface area contributed by atoms with Gasteiger partial charge in [-0.15, -0.1) is 20.4 Å². The summed E-state index contributed by atoms with van der Waals surface area (Å²) in [6.45, 7) is 0.775. The summed E-state index contributed by atoms with van der Waals surface area (Å²) in [6, 6.07) is 7.37. The van der Waals surface area contributed by atoms with Crippen LogP contribution >= 0.6 is 0 Å². The first kappa shape index (κ1) is 34.4. The van der Waals surface area contributed by atoms with Crippen LogP contribution in [0, 0.1) is 85.7 Å². The molecule has 2 heterocycles. The van der Waals surface area contributed by atoms with Crippen molar-refractivity contribution in [1.82, 2.24) is 41.2 Å². The van der Waals surface area contributed by atoms with Gasteiger partial charge in [0.15, 0.2) is 11.6 Å². The molecule has 6 saturated carbocycles. The smallest absolute Gasteiger partial charge is 0.176 e. The third kappa shape index (κ3) is 6.60. The number of nitrogens with zero attached hydrogens (tertiary/aromatic N) is 9.